The number of nitrogens with one attached hydrogen (secondary N) is 1. The first kappa shape index (κ1) is 18.0. The van der Waals surface area contributed by atoms with Gasteiger partial charge >= 0.3 is 5.97 Å². The van der Waals surface area contributed by atoms with E-state index in [1.54, 1.807) is 6.07 Å². The van der Waals surface area contributed by atoms with Gasteiger partial charge in [0, 0.05) is 25.2 Å². The first-order valence-corrected chi connectivity index (χ1v) is 9.10. The summed E-state index contributed by atoms with van der Waals surface area (Å²) < 4.78 is 38.7. The number of carbonyl (C=O) groups excluding carboxylic acids is 1. The average molecular weight is 344 g/mol. The number of furan rings is 1. The van der Waals surface area contributed by atoms with Gasteiger partial charge in [-0.1, -0.05) is 0 Å². The molecular weight excluding hydrogens is 320 g/mol. The van der Waals surface area contributed by atoms with Crippen molar-refractivity contribution in [3.05, 3.63) is 24.2 Å². The number of hydrogen-bond donors (Lipinski definition) is 1. The predicted molar refractivity (Wildman–Crippen MR) is 84.6 cm³/mol. The van der Waals surface area contributed by atoms with E-state index in [1.165, 1.54) is 16.8 Å². The molecule has 0 bridgehead atoms. The standard InChI is InChI=1S/C15H24N2O5S/c1-15(2,3)22-14(18)13-4-7-17(8-5-13)23(19,20)16-10-12-6-9-21-11-12/h6,9,11,13,16H,4-5,7-8,10H2,1-3H3. The van der Waals surface area contributed by atoms with E-state index in [9.17, 15) is 13.2 Å². The molecular formula is C15H24N2O5S. The highest BCUT2D eigenvalue weighted by Gasteiger charge is 2.33. The molecule has 23 heavy (non-hydrogen) atoms. The molecule has 0 aromatic carbocycles. The van der Waals surface area contributed by atoms with E-state index in [0.717, 1.165) is 5.56 Å². The van der Waals surface area contributed by atoms with Gasteiger partial charge in [-0.05, 0) is 39.7 Å². The van der Waals surface area contributed by atoms with Crippen LogP contribution in [0.4, 0.5) is 0 Å². The van der Waals surface area contributed by atoms with Crippen LogP contribution < -0.4 is 4.72 Å². The van der Waals surface area contributed by atoms with Crippen LogP contribution in [0.25, 0.3) is 0 Å². The van der Waals surface area contributed by atoms with Gasteiger partial charge in [-0.25, -0.2) is 0 Å². The van der Waals surface area contributed by atoms with E-state index in [4.69, 9.17) is 9.15 Å². The molecule has 1 aromatic heterocycles. The van der Waals surface area contributed by atoms with Crippen molar-refractivity contribution < 1.29 is 22.4 Å². The molecule has 2 rings (SSSR count). The molecule has 1 aliphatic heterocycles. The molecule has 0 aliphatic carbocycles. The smallest absolute Gasteiger partial charge is 0.309 e. The average Bonchev–Trinajstić information content (AvgIpc) is 2.97. The maximum atomic E-state index is 12.3. The molecule has 1 aliphatic rings. The molecule has 1 fully saturated rings. The lowest BCUT2D eigenvalue weighted by Crippen LogP contribution is -2.46. The minimum atomic E-state index is -3.55. The Morgan fingerprint density at radius 2 is 2.04 bits per heavy atom. The first-order valence-electron chi connectivity index (χ1n) is 7.66. The van der Waals surface area contributed by atoms with Crippen molar-refractivity contribution in [3.63, 3.8) is 0 Å². The summed E-state index contributed by atoms with van der Waals surface area (Å²) >= 11 is 0. The van der Waals surface area contributed by atoms with Crippen LogP contribution in [0.1, 0.15) is 39.2 Å². The summed E-state index contributed by atoms with van der Waals surface area (Å²) in [6.45, 7) is 6.28. The lowest BCUT2D eigenvalue weighted by atomic mass is 9.98. The van der Waals surface area contributed by atoms with Crippen molar-refractivity contribution >= 4 is 16.2 Å². The number of piperidine rings is 1. The number of rotatable bonds is 5. The molecule has 0 spiro atoms. The fraction of sp³-hybridized carbons (Fsp3) is 0.667. The number of carbonyl (C=O) groups is 1. The topological polar surface area (TPSA) is 88.8 Å². The second kappa shape index (κ2) is 7.02. The minimum absolute atomic E-state index is 0.185. The van der Waals surface area contributed by atoms with Crippen molar-refractivity contribution in [1.29, 1.82) is 0 Å². The Kier molecular flexibility index (Phi) is 5.49. The van der Waals surface area contributed by atoms with Gasteiger partial charge in [0.1, 0.15) is 5.60 Å². The highest BCUT2D eigenvalue weighted by molar-refractivity contribution is 7.87. The summed E-state index contributed by atoms with van der Waals surface area (Å²) in [4.78, 5) is 12.0. The van der Waals surface area contributed by atoms with Crippen molar-refractivity contribution in [3.8, 4) is 0 Å². The van der Waals surface area contributed by atoms with Crippen LogP contribution in [0.5, 0.6) is 0 Å². The van der Waals surface area contributed by atoms with Gasteiger partial charge in [-0.2, -0.15) is 17.4 Å². The molecule has 0 atom stereocenters. The molecule has 1 N–H and O–H groups in total. The van der Waals surface area contributed by atoms with Crippen LogP contribution in [-0.2, 0) is 26.3 Å². The molecule has 0 unspecified atom stereocenters. The van der Waals surface area contributed by atoms with Gasteiger partial charge < -0.3 is 9.15 Å². The summed E-state index contributed by atoms with van der Waals surface area (Å²) in [7, 11) is -3.55. The summed E-state index contributed by atoms with van der Waals surface area (Å²) in [5.74, 6) is -0.490. The van der Waals surface area contributed by atoms with Crippen LogP contribution in [0.15, 0.2) is 23.0 Å². The Labute approximate surface area is 137 Å². The van der Waals surface area contributed by atoms with E-state index in [-0.39, 0.29) is 18.4 Å². The SMILES string of the molecule is CC(C)(C)OC(=O)C1CCN(S(=O)(=O)NCc2ccoc2)CC1. The Morgan fingerprint density at radius 3 is 2.57 bits per heavy atom. The van der Waals surface area contributed by atoms with Crippen LogP contribution in [0.2, 0.25) is 0 Å². The fourth-order valence-corrected chi connectivity index (χ4v) is 3.60. The summed E-state index contributed by atoms with van der Waals surface area (Å²) in [5.41, 5.74) is 0.240. The minimum Gasteiger partial charge on any atom is -0.472 e. The predicted octanol–water partition coefficient (Wildman–Crippen LogP) is 1.67. The summed E-state index contributed by atoms with van der Waals surface area (Å²) in [6.07, 6.45) is 3.94. The third-order valence-electron chi connectivity index (χ3n) is 3.57. The van der Waals surface area contributed by atoms with Crippen LogP contribution in [0, 0.1) is 5.92 Å². The zero-order valence-electron chi connectivity index (χ0n) is 13.7. The Hall–Kier alpha value is -1.38. The van der Waals surface area contributed by atoms with Crippen molar-refractivity contribution in [1.82, 2.24) is 9.03 Å². The van der Waals surface area contributed by atoms with Crippen LogP contribution in [-0.4, -0.2) is 37.4 Å². The van der Waals surface area contributed by atoms with Gasteiger partial charge in [-0.15, -0.1) is 0 Å². The molecule has 1 saturated heterocycles. The number of nitrogens with zero attached hydrogens (tertiary/aromatic N) is 1. The van der Waals surface area contributed by atoms with E-state index >= 15 is 0 Å². The van der Waals surface area contributed by atoms with Gasteiger partial charge in [0.05, 0.1) is 18.4 Å². The van der Waals surface area contributed by atoms with Gasteiger partial charge in [0.2, 0.25) is 0 Å². The van der Waals surface area contributed by atoms with E-state index < -0.39 is 15.8 Å². The number of ether oxygens (including phenoxy) is 1. The largest absolute Gasteiger partial charge is 0.472 e. The Balaban J connectivity index is 1.84. The van der Waals surface area contributed by atoms with Gasteiger partial charge in [0.15, 0.2) is 0 Å². The third kappa shape index (κ3) is 5.33. The fourth-order valence-electron chi connectivity index (χ4n) is 2.38. The van der Waals surface area contributed by atoms with Crippen LogP contribution >= 0.6 is 0 Å². The molecule has 0 amide bonds. The second-order valence-electron chi connectivity index (χ2n) is 6.66. The van der Waals surface area contributed by atoms with E-state index in [2.05, 4.69) is 4.72 Å². The zero-order valence-corrected chi connectivity index (χ0v) is 14.6. The maximum Gasteiger partial charge on any atom is 0.309 e. The number of hydrogen-bond acceptors (Lipinski definition) is 5. The highest BCUT2D eigenvalue weighted by atomic mass is 32.2. The molecule has 8 heteroatoms. The van der Waals surface area contributed by atoms with Gasteiger partial charge in [-0.3, -0.25) is 4.79 Å². The lowest BCUT2D eigenvalue weighted by Gasteiger charge is -2.31. The monoisotopic (exact) mass is 344 g/mol. The molecule has 130 valence electrons. The summed E-state index contributed by atoms with van der Waals surface area (Å²) in [5, 5.41) is 0. The highest BCUT2D eigenvalue weighted by Crippen LogP contribution is 2.22. The molecule has 0 saturated carbocycles. The molecule has 1 aromatic rings. The Morgan fingerprint density at radius 1 is 1.39 bits per heavy atom. The Bertz CT molecular complexity index is 611. The van der Waals surface area contributed by atoms with E-state index in [0.29, 0.717) is 25.9 Å². The van der Waals surface area contributed by atoms with Crippen LogP contribution in [0.3, 0.4) is 0 Å². The van der Waals surface area contributed by atoms with Crippen molar-refractivity contribution in [2.75, 3.05) is 13.1 Å². The molecule has 7 nitrogen and oxygen atoms in total. The first-order chi connectivity index (χ1) is 10.7. The maximum absolute atomic E-state index is 12.3. The third-order valence-corrected chi connectivity index (χ3v) is 5.13. The molecule has 0 radical (unpaired) electrons. The van der Waals surface area contributed by atoms with Gasteiger partial charge in [0.25, 0.3) is 10.2 Å². The molecule has 2 heterocycles. The summed E-state index contributed by atoms with van der Waals surface area (Å²) in [6, 6.07) is 1.71. The lowest BCUT2D eigenvalue weighted by molar-refractivity contribution is -0.161. The quantitative estimate of drug-likeness (QED) is 0.821. The number of esters is 1. The van der Waals surface area contributed by atoms with Crippen molar-refractivity contribution in [2.24, 2.45) is 5.92 Å². The second-order valence-corrected chi connectivity index (χ2v) is 8.42. The normalized spacial score (nSPS) is 18.0. The van der Waals surface area contributed by atoms with Crippen molar-refractivity contribution in [2.45, 2.75) is 45.8 Å². The zero-order chi connectivity index (χ0) is 17.1. The van der Waals surface area contributed by atoms with E-state index in [1.807, 2.05) is 20.8 Å².